The zero-order chi connectivity index (χ0) is 46.3. The van der Waals surface area contributed by atoms with Gasteiger partial charge in [-0.1, -0.05) is 220 Å². The molecule has 11 aromatic rings. The Hall–Kier alpha value is -8.72. The Balaban J connectivity index is 1.07. The molecule has 0 aromatic heterocycles. The van der Waals surface area contributed by atoms with Crippen LogP contribution in [0, 0.1) is 0 Å². The molecule has 0 fully saturated rings. The van der Waals surface area contributed by atoms with E-state index in [2.05, 4.69) is 291 Å². The number of hydrogen-bond acceptors (Lipinski definition) is 2. The van der Waals surface area contributed by atoms with E-state index in [1.807, 2.05) is 0 Å². The van der Waals surface area contributed by atoms with Crippen LogP contribution >= 0.6 is 0 Å². The van der Waals surface area contributed by atoms with E-state index in [0.717, 1.165) is 56.4 Å². The molecule has 0 spiro atoms. The van der Waals surface area contributed by atoms with E-state index in [0.29, 0.717) is 0 Å². The third kappa shape index (κ3) is 7.57. The molecule has 0 unspecified atom stereocenters. The first-order valence-electron chi connectivity index (χ1n) is 23.9. The highest BCUT2D eigenvalue weighted by molar-refractivity contribution is 6.04. The van der Waals surface area contributed by atoms with Gasteiger partial charge in [0.1, 0.15) is 0 Å². The molecule has 2 nitrogen and oxygen atoms in total. The van der Waals surface area contributed by atoms with Crippen LogP contribution < -0.4 is 9.80 Å². The monoisotopic (exact) mass is 882 g/mol. The van der Waals surface area contributed by atoms with Crippen LogP contribution in [0.4, 0.5) is 34.1 Å². The summed E-state index contributed by atoms with van der Waals surface area (Å²) in [6.07, 6.45) is 0. The van der Waals surface area contributed by atoms with Crippen LogP contribution in [0.2, 0.25) is 0 Å². The topological polar surface area (TPSA) is 6.48 Å². The average molecular weight is 883 g/mol. The summed E-state index contributed by atoms with van der Waals surface area (Å²) in [6.45, 7) is 4.72. The van der Waals surface area contributed by atoms with E-state index in [4.69, 9.17) is 0 Å². The number of benzene rings is 11. The lowest BCUT2D eigenvalue weighted by Gasteiger charge is -2.32. The van der Waals surface area contributed by atoms with Crippen LogP contribution in [-0.4, -0.2) is 0 Å². The van der Waals surface area contributed by atoms with Gasteiger partial charge in [-0.25, -0.2) is 0 Å². The largest absolute Gasteiger partial charge is 0.310 e. The highest BCUT2D eigenvalue weighted by Crippen LogP contribution is 2.52. The summed E-state index contributed by atoms with van der Waals surface area (Å²) >= 11 is 0. The van der Waals surface area contributed by atoms with Crippen molar-refractivity contribution in [2.75, 3.05) is 9.80 Å². The molecule has 0 aliphatic heterocycles. The summed E-state index contributed by atoms with van der Waals surface area (Å²) in [4.78, 5) is 4.87. The molecule has 1 aliphatic carbocycles. The second-order valence-electron chi connectivity index (χ2n) is 18.5. The Kier molecular flexibility index (Phi) is 10.6. The minimum Gasteiger partial charge on any atom is -0.310 e. The lowest BCUT2D eigenvalue weighted by atomic mass is 9.82. The molecule has 0 amide bonds. The maximum absolute atomic E-state index is 2.44. The zero-order valence-electron chi connectivity index (χ0n) is 38.8. The van der Waals surface area contributed by atoms with Gasteiger partial charge >= 0.3 is 0 Å². The molecule has 0 radical (unpaired) electrons. The van der Waals surface area contributed by atoms with Crippen LogP contribution in [0.1, 0.15) is 25.0 Å². The predicted molar refractivity (Wildman–Crippen MR) is 293 cm³/mol. The second kappa shape index (κ2) is 17.5. The fraction of sp³-hybridized carbons (Fsp3) is 0.0448. The fourth-order valence-corrected chi connectivity index (χ4v) is 10.7. The van der Waals surface area contributed by atoms with Gasteiger partial charge in [-0.3, -0.25) is 0 Å². The quantitative estimate of drug-likeness (QED) is 0.135. The van der Waals surface area contributed by atoms with Crippen LogP contribution in [0.5, 0.6) is 0 Å². The molecule has 0 saturated heterocycles. The second-order valence-corrected chi connectivity index (χ2v) is 18.5. The van der Waals surface area contributed by atoms with Crippen molar-refractivity contribution in [3.05, 3.63) is 278 Å². The van der Waals surface area contributed by atoms with E-state index in [1.165, 1.54) is 55.3 Å². The van der Waals surface area contributed by atoms with Crippen molar-refractivity contribution >= 4 is 44.9 Å². The van der Waals surface area contributed by atoms with Crippen LogP contribution in [0.25, 0.3) is 66.4 Å². The summed E-state index contributed by atoms with van der Waals surface area (Å²) in [5.41, 5.74) is 21.1. The predicted octanol–water partition coefficient (Wildman–Crippen LogP) is 18.8. The molecular formula is C67H50N2. The molecule has 0 saturated carbocycles. The Labute approximate surface area is 405 Å². The van der Waals surface area contributed by atoms with Crippen molar-refractivity contribution in [3.63, 3.8) is 0 Å². The summed E-state index contributed by atoms with van der Waals surface area (Å²) in [7, 11) is 0. The lowest BCUT2D eigenvalue weighted by molar-refractivity contribution is 0.660. The van der Waals surface area contributed by atoms with Gasteiger partial charge in [-0.15, -0.1) is 0 Å². The maximum atomic E-state index is 2.44. The molecular weight excluding hydrogens is 833 g/mol. The summed E-state index contributed by atoms with van der Waals surface area (Å²) in [5, 5.41) is 2.48. The van der Waals surface area contributed by atoms with Gasteiger partial charge in [-0.2, -0.15) is 0 Å². The first-order chi connectivity index (χ1) is 34.0. The highest BCUT2D eigenvalue weighted by Gasteiger charge is 2.36. The first kappa shape index (κ1) is 41.7. The number of anilines is 6. The molecule has 0 N–H and O–H groups in total. The zero-order valence-corrected chi connectivity index (χ0v) is 38.8. The van der Waals surface area contributed by atoms with Crippen molar-refractivity contribution in [2.45, 2.75) is 19.3 Å². The Morgan fingerprint density at radius 2 is 0.783 bits per heavy atom. The van der Waals surface area contributed by atoms with Gasteiger partial charge in [-0.05, 0) is 133 Å². The van der Waals surface area contributed by atoms with Gasteiger partial charge in [0.25, 0.3) is 0 Å². The van der Waals surface area contributed by atoms with Gasteiger partial charge in [0.2, 0.25) is 0 Å². The minimum absolute atomic E-state index is 0.157. The number of rotatable bonds is 10. The van der Waals surface area contributed by atoms with Crippen molar-refractivity contribution in [1.29, 1.82) is 0 Å². The van der Waals surface area contributed by atoms with E-state index < -0.39 is 0 Å². The van der Waals surface area contributed by atoms with Crippen molar-refractivity contribution in [3.8, 4) is 55.6 Å². The van der Waals surface area contributed by atoms with Crippen molar-refractivity contribution < 1.29 is 0 Å². The molecule has 12 rings (SSSR count). The van der Waals surface area contributed by atoms with Gasteiger partial charge in [0.05, 0.1) is 5.69 Å². The highest BCUT2D eigenvalue weighted by atomic mass is 15.2. The molecule has 69 heavy (non-hydrogen) atoms. The number of nitrogens with zero attached hydrogens (tertiary/aromatic N) is 2. The third-order valence-corrected chi connectivity index (χ3v) is 14.0. The Morgan fingerprint density at radius 3 is 1.49 bits per heavy atom. The van der Waals surface area contributed by atoms with Gasteiger partial charge in [0, 0.05) is 39.4 Å². The normalized spacial score (nSPS) is 12.3. The SMILES string of the molecule is CC1(C)c2ccccc2-c2ccc(N(c3ccccc3)c3cc(-c4ccc(-c5ccc6ccccc6c5-c5ccccc5)cc4)cc(N(c4ccccc4)c4ccccc4-c4ccccc4)c3)cc21. The van der Waals surface area contributed by atoms with Crippen molar-refractivity contribution in [1.82, 2.24) is 0 Å². The molecule has 0 heterocycles. The van der Waals surface area contributed by atoms with E-state index in [-0.39, 0.29) is 5.41 Å². The molecule has 11 aromatic carbocycles. The molecule has 0 atom stereocenters. The van der Waals surface area contributed by atoms with Crippen LogP contribution in [-0.2, 0) is 5.41 Å². The average Bonchev–Trinajstić information content (AvgIpc) is 3.64. The minimum atomic E-state index is -0.157. The van der Waals surface area contributed by atoms with E-state index in [9.17, 15) is 0 Å². The van der Waals surface area contributed by atoms with Crippen LogP contribution in [0.3, 0.4) is 0 Å². The summed E-state index contributed by atoms with van der Waals surface area (Å²) in [6, 6.07) is 97.4. The number of para-hydroxylation sites is 3. The molecule has 2 heteroatoms. The van der Waals surface area contributed by atoms with E-state index in [1.54, 1.807) is 0 Å². The smallest absolute Gasteiger partial charge is 0.0540 e. The number of fused-ring (bicyclic) bond motifs is 4. The summed E-state index contributed by atoms with van der Waals surface area (Å²) in [5.74, 6) is 0. The van der Waals surface area contributed by atoms with E-state index >= 15 is 0 Å². The first-order valence-corrected chi connectivity index (χ1v) is 23.9. The third-order valence-electron chi connectivity index (χ3n) is 14.0. The van der Waals surface area contributed by atoms with Gasteiger partial charge < -0.3 is 9.80 Å². The Morgan fingerprint density at radius 1 is 0.275 bits per heavy atom. The van der Waals surface area contributed by atoms with Crippen LogP contribution in [0.15, 0.2) is 267 Å². The Bertz CT molecular complexity index is 3620. The number of hydrogen-bond donors (Lipinski definition) is 0. The van der Waals surface area contributed by atoms with Crippen molar-refractivity contribution in [2.24, 2.45) is 0 Å². The molecule has 328 valence electrons. The fourth-order valence-electron chi connectivity index (χ4n) is 10.7. The summed E-state index contributed by atoms with van der Waals surface area (Å²) < 4.78 is 0. The molecule has 0 bridgehead atoms. The maximum Gasteiger partial charge on any atom is 0.0540 e. The standard InChI is InChI=1S/C67H50N2/c1-67(2)63-33-19-17-32-61(63)62-42-40-55(46-64(62)67)68(53-26-11-5-12-27-53)56-43-52(44-57(45-56)69(54-28-13-6-14-29-54)65-34-20-18-30-58(65)48-21-7-3-8-22-48)47-35-37-50(38-36-47)60-41-39-49-23-15-16-31-59(49)66(60)51-24-9-4-10-25-51/h3-46H,1-2H3. The lowest BCUT2D eigenvalue weighted by Crippen LogP contribution is -2.17. The van der Waals surface area contributed by atoms with Gasteiger partial charge in [0.15, 0.2) is 0 Å². The molecule has 1 aliphatic rings.